The van der Waals surface area contributed by atoms with Crippen molar-refractivity contribution in [2.75, 3.05) is 47.6 Å². The Balaban J connectivity index is 2.03. The number of hydrogen-bond acceptors (Lipinski definition) is 6. The lowest BCUT2D eigenvalue weighted by Gasteiger charge is -2.30. The minimum Gasteiger partial charge on any atom is -0.493 e. The molecule has 1 aromatic carbocycles. The lowest BCUT2D eigenvalue weighted by molar-refractivity contribution is 0.0778. The molecular formula is C20H34N2O4. The quantitative estimate of drug-likeness (QED) is 0.627. The Bertz CT molecular complexity index is 541. The van der Waals surface area contributed by atoms with Gasteiger partial charge < -0.3 is 19.3 Å². The molecule has 0 unspecified atom stereocenters. The zero-order chi connectivity index (χ0) is 18.9. The van der Waals surface area contributed by atoms with Gasteiger partial charge in [-0.1, -0.05) is 13.0 Å². The highest BCUT2D eigenvalue weighted by atomic mass is 16.5. The maximum Gasteiger partial charge on any atom is 0.160 e. The maximum absolute atomic E-state index is 9.56. The second kappa shape index (κ2) is 10.7. The van der Waals surface area contributed by atoms with Gasteiger partial charge in [0.15, 0.2) is 11.5 Å². The lowest BCUT2D eigenvalue weighted by Crippen LogP contribution is -2.45. The molecule has 0 spiro atoms. The highest BCUT2D eigenvalue weighted by Crippen LogP contribution is 2.35. The Morgan fingerprint density at radius 2 is 2.00 bits per heavy atom. The summed E-state index contributed by atoms with van der Waals surface area (Å²) in [6, 6.07) is 6.49. The Morgan fingerprint density at radius 3 is 2.65 bits per heavy atom. The van der Waals surface area contributed by atoms with Gasteiger partial charge in [-0.2, -0.15) is 0 Å². The molecule has 1 aliphatic heterocycles. The zero-order valence-electron chi connectivity index (χ0n) is 16.5. The lowest BCUT2D eigenvalue weighted by atomic mass is 9.84. The molecule has 0 amide bonds. The summed E-state index contributed by atoms with van der Waals surface area (Å²) in [7, 11) is 5.05. The second-order valence-corrected chi connectivity index (χ2v) is 7.02. The Morgan fingerprint density at radius 1 is 1.23 bits per heavy atom. The highest BCUT2D eigenvalue weighted by molar-refractivity contribution is 5.44. The summed E-state index contributed by atoms with van der Waals surface area (Å²) in [4.78, 5) is 0. The van der Waals surface area contributed by atoms with Crippen molar-refractivity contribution < 1.29 is 19.3 Å². The average Bonchev–Trinajstić information content (AvgIpc) is 3.11. The van der Waals surface area contributed by atoms with Crippen LogP contribution in [0.1, 0.15) is 37.7 Å². The van der Waals surface area contributed by atoms with Crippen LogP contribution in [0.3, 0.4) is 0 Å². The van der Waals surface area contributed by atoms with Gasteiger partial charge in [-0.15, -0.1) is 0 Å². The summed E-state index contributed by atoms with van der Waals surface area (Å²) in [6.45, 7) is 5.07. The molecule has 148 valence electrons. The van der Waals surface area contributed by atoms with Gasteiger partial charge in [-0.3, -0.25) is 5.43 Å². The van der Waals surface area contributed by atoms with E-state index in [0.29, 0.717) is 12.0 Å². The van der Waals surface area contributed by atoms with E-state index in [2.05, 4.69) is 23.4 Å². The normalized spacial score (nSPS) is 20.1. The predicted molar refractivity (Wildman–Crippen MR) is 103 cm³/mol. The van der Waals surface area contributed by atoms with Crippen LogP contribution in [0.15, 0.2) is 18.2 Å². The predicted octanol–water partition coefficient (Wildman–Crippen LogP) is 2.42. The van der Waals surface area contributed by atoms with Crippen LogP contribution in [0.5, 0.6) is 11.5 Å². The van der Waals surface area contributed by atoms with Crippen LogP contribution in [0, 0.1) is 5.92 Å². The van der Waals surface area contributed by atoms with Gasteiger partial charge in [-0.05, 0) is 48.8 Å². The molecule has 0 aliphatic carbocycles. The van der Waals surface area contributed by atoms with Gasteiger partial charge in [0.05, 0.1) is 20.8 Å². The standard InChI is InChI=1S/C20H34N2O4/c1-15(13-21-22-10-5-6-17(22)14-24-2)18(9-11-23)16-7-8-19(25-3)20(12-16)26-4/h7-8,12,15,17-18,21,23H,5-6,9-11,13-14H2,1-4H3/t15-,17+,18+/m1/s1. The number of rotatable bonds is 11. The van der Waals surface area contributed by atoms with Gasteiger partial charge in [0, 0.05) is 32.8 Å². The molecule has 6 heteroatoms. The first kappa shape index (κ1) is 21.0. The van der Waals surface area contributed by atoms with Crippen LogP contribution in [-0.4, -0.2) is 63.8 Å². The first-order valence-corrected chi connectivity index (χ1v) is 9.46. The van der Waals surface area contributed by atoms with Crippen LogP contribution in [0.2, 0.25) is 0 Å². The number of nitrogens with zero attached hydrogens (tertiary/aromatic N) is 1. The van der Waals surface area contributed by atoms with E-state index in [-0.39, 0.29) is 12.5 Å². The molecule has 1 aliphatic rings. The summed E-state index contributed by atoms with van der Waals surface area (Å²) in [5.41, 5.74) is 4.76. The highest BCUT2D eigenvalue weighted by Gasteiger charge is 2.26. The van der Waals surface area contributed by atoms with Gasteiger partial charge in [-0.25, -0.2) is 5.01 Å². The average molecular weight is 367 g/mol. The number of nitrogens with one attached hydrogen (secondary N) is 1. The van der Waals surface area contributed by atoms with Gasteiger partial charge >= 0.3 is 0 Å². The molecule has 1 saturated heterocycles. The number of ether oxygens (including phenoxy) is 3. The summed E-state index contributed by atoms with van der Waals surface area (Å²) < 4.78 is 16.1. The van der Waals surface area contributed by atoms with Crippen LogP contribution in [0.25, 0.3) is 0 Å². The first-order chi connectivity index (χ1) is 12.6. The summed E-state index contributed by atoms with van der Waals surface area (Å²) in [6.07, 6.45) is 3.09. The maximum atomic E-state index is 9.56. The van der Waals surface area contributed by atoms with Crippen molar-refractivity contribution in [3.05, 3.63) is 23.8 Å². The van der Waals surface area contributed by atoms with E-state index in [1.165, 1.54) is 18.4 Å². The molecule has 2 N–H and O–H groups in total. The summed E-state index contributed by atoms with van der Waals surface area (Å²) in [5.74, 6) is 2.07. The fourth-order valence-electron chi connectivity index (χ4n) is 3.82. The van der Waals surface area contributed by atoms with Crippen LogP contribution >= 0.6 is 0 Å². The third kappa shape index (κ3) is 5.33. The number of benzene rings is 1. The van der Waals surface area contributed by atoms with Crippen molar-refractivity contribution >= 4 is 0 Å². The van der Waals surface area contributed by atoms with Crippen molar-refractivity contribution in [2.24, 2.45) is 5.92 Å². The van der Waals surface area contributed by atoms with E-state index in [9.17, 15) is 5.11 Å². The SMILES string of the molecule is COC[C@@H]1CCCN1NC[C@@H](C)[C@H](CCO)c1ccc(OC)c(OC)c1. The Kier molecular flexibility index (Phi) is 8.65. The van der Waals surface area contributed by atoms with Crippen LogP contribution < -0.4 is 14.9 Å². The minimum atomic E-state index is 0.166. The number of aliphatic hydroxyl groups is 1. The van der Waals surface area contributed by atoms with Crippen molar-refractivity contribution in [3.63, 3.8) is 0 Å². The van der Waals surface area contributed by atoms with Crippen molar-refractivity contribution in [1.82, 2.24) is 10.4 Å². The number of methoxy groups -OCH3 is 3. The van der Waals surface area contributed by atoms with E-state index in [0.717, 1.165) is 37.6 Å². The fraction of sp³-hybridized carbons (Fsp3) is 0.700. The van der Waals surface area contributed by atoms with Gasteiger partial charge in [0.1, 0.15) is 0 Å². The minimum absolute atomic E-state index is 0.166. The monoisotopic (exact) mass is 366 g/mol. The van der Waals surface area contributed by atoms with Crippen LogP contribution in [-0.2, 0) is 4.74 Å². The van der Waals surface area contributed by atoms with E-state index < -0.39 is 0 Å². The molecule has 0 bridgehead atoms. The third-order valence-corrected chi connectivity index (χ3v) is 5.32. The largest absolute Gasteiger partial charge is 0.493 e. The molecule has 1 fully saturated rings. The van der Waals surface area contributed by atoms with Crippen molar-refractivity contribution in [1.29, 1.82) is 0 Å². The number of aliphatic hydroxyl groups excluding tert-OH is 1. The zero-order valence-corrected chi connectivity index (χ0v) is 16.5. The summed E-state index contributed by atoms with van der Waals surface area (Å²) >= 11 is 0. The number of hydrazine groups is 1. The molecule has 0 aromatic heterocycles. The Hall–Kier alpha value is -1.34. The van der Waals surface area contributed by atoms with Crippen molar-refractivity contribution in [3.8, 4) is 11.5 Å². The molecule has 1 aromatic rings. The van der Waals surface area contributed by atoms with E-state index >= 15 is 0 Å². The van der Waals surface area contributed by atoms with Gasteiger partial charge in [0.25, 0.3) is 0 Å². The summed E-state index contributed by atoms with van der Waals surface area (Å²) in [5, 5.41) is 11.9. The molecule has 2 rings (SSSR count). The molecule has 1 heterocycles. The van der Waals surface area contributed by atoms with Crippen LogP contribution in [0.4, 0.5) is 0 Å². The molecule has 0 radical (unpaired) electrons. The van der Waals surface area contributed by atoms with Crippen molar-refractivity contribution in [2.45, 2.75) is 38.1 Å². The van der Waals surface area contributed by atoms with E-state index in [1.54, 1.807) is 21.3 Å². The molecule has 26 heavy (non-hydrogen) atoms. The van der Waals surface area contributed by atoms with Gasteiger partial charge in [0.2, 0.25) is 0 Å². The molecule has 0 saturated carbocycles. The molecular weight excluding hydrogens is 332 g/mol. The Labute approximate surface area is 157 Å². The fourth-order valence-corrected chi connectivity index (χ4v) is 3.82. The second-order valence-electron chi connectivity index (χ2n) is 7.02. The smallest absolute Gasteiger partial charge is 0.160 e. The number of hydrogen-bond donors (Lipinski definition) is 2. The topological polar surface area (TPSA) is 63.2 Å². The molecule has 3 atom stereocenters. The van der Waals surface area contributed by atoms with E-state index in [1.807, 2.05) is 12.1 Å². The first-order valence-electron chi connectivity index (χ1n) is 9.46. The third-order valence-electron chi connectivity index (χ3n) is 5.32. The van der Waals surface area contributed by atoms with E-state index in [4.69, 9.17) is 14.2 Å². The molecule has 6 nitrogen and oxygen atoms in total.